The van der Waals surface area contributed by atoms with Crippen LogP contribution in [0.25, 0.3) is 5.57 Å². The molecule has 2 aliphatic rings. The Hall–Kier alpha value is -2.00. The number of hydrogen-bond donors (Lipinski definition) is 0. The summed E-state index contributed by atoms with van der Waals surface area (Å²) in [6.07, 6.45) is 7.35. The second-order valence-electron chi connectivity index (χ2n) is 8.34. The summed E-state index contributed by atoms with van der Waals surface area (Å²) in [5.74, 6) is 0.0488. The molecule has 2 bridgehead atoms. The van der Waals surface area contributed by atoms with Crippen LogP contribution in [0.15, 0.2) is 54.6 Å². The van der Waals surface area contributed by atoms with Gasteiger partial charge in [-0.25, -0.2) is 8.78 Å². The zero-order valence-electron chi connectivity index (χ0n) is 15.5. The van der Waals surface area contributed by atoms with Crippen molar-refractivity contribution in [1.82, 2.24) is 0 Å². The molecule has 0 amide bonds. The predicted octanol–water partition coefficient (Wildman–Crippen LogP) is 5.41. The maximum atomic E-state index is 13.4. The van der Waals surface area contributed by atoms with Crippen LogP contribution >= 0.6 is 0 Å². The molecule has 136 valence electrons. The van der Waals surface area contributed by atoms with Crippen molar-refractivity contribution < 1.29 is 13.3 Å². The van der Waals surface area contributed by atoms with Gasteiger partial charge < -0.3 is 4.48 Å². The van der Waals surface area contributed by atoms with E-state index >= 15 is 0 Å². The highest BCUT2D eigenvalue weighted by Crippen LogP contribution is 2.43. The molecule has 2 heterocycles. The average molecular weight is 354 g/mol. The van der Waals surface area contributed by atoms with Crippen LogP contribution < -0.4 is 0 Å². The molecule has 2 saturated heterocycles. The van der Waals surface area contributed by atoms with Gasteiger partial charge in [-0.15, -0.1) is 0 Å². The minimum Gasteiger partial charge on any atom is -0.324 e. The smallest absolute Gasteiger partial charge is 0.123 e. The average Bonchev–Trinajstić information content (AvgIpc) is 2.78. The first-order chi connectivity index (χ1) is 12.4. The Morgan fingerprint density at radius 1 is 0.808 bits per heavy atom. The Morgan fingerprint density at radius 2 is 1.23 bits per heavy atom. The Kier molecular flexibility index (Phi) is 4.44. The fourth-order valence-electron chi connectivity index (χ4n) is 4.91. The third-order valence-corrected chi connectivity index (χ3v) is 6.58. The molecule has 0 unspecified atom stereocenters. The van der Waals surface area contributed by atoms with Crippen molar-refractivity contribution in [3.05, 3.63) is 77.4 Å². The maximum Gasteiger partial charge on any atom is 0.123 e. The van der Waals surface area contributed by atoms with Gasteiger partial charge in [0.2, 0.25) is 0 Å². The van der Waals surface area contributed by atoms with E-state index in [1.54, 1.807) is 0 Å². The molecule has 2 aromatic rings. The van der Waals surface area contributed by atoms with E-state index in [0.29, 0.717) is 5.92 Å². The highest BCUT2D eigenvalue weighted by Gasteiger charge is 2.48. The second kappa shape index (κ2) is 6.62. The Bertz CT molecular complexity index is 742. The van der Waals surface area contributed by atoms with E-state index in [9.17, 15) is 8.78 Å². The van der Waals surface area contributed by atoms with Gasteiger partial charge in [0.15, 0.2) is 0 Å². The van der Waals surface area contributed by atoms with Crippen molar-refractivity contribution in [2.75, 3.05) is 14.1 Å². The Balaban J connectivity index is 1.70. The van der Waals surface area contributed by atoms with E-state index in [-0.39, 0.29) is 11.6 Å². The number of allylic oxidation sites excluding steroid dienone is 1. The van der Waals surface area contributed by atoms with Crippen molar-refractivity contribution in [2.24, 2.45) is 5.92 Å². The number of rotatable bonds is 3. The lowest BCUT2D eigenvalue weighted by Gasteiger charge is -2.44. The first kappa shape index (κ1) is 17.4. The lowest BCUT2D eigenvalue weighted by Crippen LogP contribution is -2.54. The molecule has 0 radical (unpaired) electrons. The predicted molar refractivity (Wildman–Crippen MR) is 102 cm³/mol. The van der Waals surface area contributed by atoms with Crippen LogP contribution in [0.4, 0.5) is 8.78 Å². The van der Waals surface area contributed by atoms with Crippen molar-refractivity contribution in [3.8, 4) is 0 Å². The zero-order valence-corrected chi connectivity index (χ0v) is 15.5. The van der Waals surface area contributed by atoms with Gasteiger partial charge in [-0.2, -0.15) is 0 Å². The summed E-state index contributed by atoms with van der Waals surface area (Å²) in [5, 5.41) is 0. The van der Waals surface area contributed by atoms with Gasteiger partial charge in [0.05, 0.1) is 26.2 Å². The molecule has 2 aromatic carbocycles. The molecule has 0 N–H and O–H groups in total. The van der Waals surface area contributed by atoms with Gasteiger partial charge in [0, 0.05) is 25.7 Å². The topological polar surface area (TPSA) is 0 Å². The Morgan fingerprint density at radius 3 is 1.65 bits per heavy atom. The summed E-state index contributed by atoms with van der Waals surface area (Å²) in [4.78, 5) is 0. The molecule has 4 rings (SSSR count). The number of fused-ring (bicyclic) bond motifs is 2. The minimum absolute atomic E-state index is 0.234. The number of halogens is 2. The molecule has 2 atom stereocenters. The van der Waals surface area contributed by atoms with Crippen LogP contribution in [0, 0.1) is 17.6 Å². The minimum atomic E-state index is -0.234. The van der Waals surface area contributed by atoms with E-state index in [2.05, 4.69) is 20.2 Å². The number of piperidine rings is 1. The van der Waals surface area contributed by atoms with Crippen molar-refractivity contribution in [3.63, 3.8) is 0 Å². The van der Waals surface area contributed by atoms with Crippen LogP contribution in [0.1, 0.15) is 36.8 Å². The third-order valence-electron chi connectivity index (χ3n) is 6.58. The van der Waals surface area contributed by atoms with Crippen LogP contribution in [-0.2, 0) is 0 Å². The van der Waals surface area contributed by atoms with Crippen LogP contribution in [0.3, 0.4) is 0 Å². The molecular formula is C23H26F2N+. The molecule has 2 aliphatic heterocycles. The first-order valence-corrected chi connectivity index (χ1v) is 9.50. The monoisotopic (exact) mass is 354 g/mol. The van der Waals surface area contributed by atoms with Crippen LogP contribution in [0.5, 0.6) is 0 Å². The summed E-state index contributed by atoms with van der Waals surface area (Å²) < 4.78 is 27.9. The first-order valence-electron chi connectivity index (χ1n) is 9.50. The van der Waals surface area contributed by atoms with Crippen molar-refractivity contribution >= 4 is 5.57 Å². The molecule has 1 nitrogen and oxygen atoms in total. The molecule has 26 heavy (non-hydrogen) atoms. The number of benzene rings is 2. The third kappa shape index (κ3) is 3.21. The summed E-state index contributed by atoms with van der Waals surface area (Å²) in [7, 11) is 4.73. The van der Waals surface area contributed by atoms with E-state index in [4.69, 9.17) is 0 Å². The van der Waals surface area contributed by atoms with Gasteiger partial charge in [-0.05, 0) is 46.9 Å². The summed E-state index contributed by atoms with van der Waals surface area (Å²) in [5.41, 5.74) is 3.07. The summed E-state index contributed by atoms with van der Waals surface area (Å²) >= 11 is 0. The van der Waals surface area contributed by atoms with Crippen molar-refractivity contribution in [1.29, 1.82) is 0 Å². The molecule has 0 spiro atoms. The molecule has 3 heteroatoms. The molecule has 0 aliphatic carbocycles. The number of hydrogen-bond acceptors (Lipinski definition) is 0. The molecular weight excluding hydrogens is 328 g/mol. The van der Waals surface area contributed by atoms with Gasteiger partial charge in [0.25, 0.3) is 0 Å². The summed E-state index contributed by atoms with van der Waals surface area (Å²) in [6.45, 7) is 0. The molecule has 0 saturated carbocycles. The van der Waals surface area contributed by atoms with E-state index in [0.717, 1.165) is 33.3 Å². The SMILES string of the molecule is C[N+]1(C)[C@H]2CC[C@H]1CC(C=C(c1ccc(F)cc1)c1ccc(F)cc1)C2. The second-order valence-corrected chi connectivity index (χ2v) is 8.34. The lowest BCUT2D eigenvalue weighted by atomic mass is 9.85. The van der Waals surface area contributed by atoms with Gasteiger partial charge in [-0.1, -0.05) is 30.3 Å². The normalized spacial score (nSPS) is 26.5. The van der Waals surface area contributed by atoms with E-state index in [1.807, 2.05) is 24.3 Å². The summed E-state index contributed by atoms with van der Waals surface area (Å²) in [6, 6.07) is 14.7. The van der Waals surface area contributed by atoms with Crippen LogP contribution in [0.2, 0.25) is 0 Å². The van der Waals surface area contributed by atoms with Gasteiger partial charge >= 0.3 is 0 Å². The number of nitrogens with zero attached hydrogens (tertiary/aromatic N) is 1. The molecule has 0 aromatic heterocycles. The quantitative estimate of drug-likeness (QED) is 0.646. The van der Waals surface area contributed by atoms with Crippen LogP contribution in [-0.4, -0.2) is 30.7 Å². The lowest BCUT2D eigenvalue weighted by molar-refractivity contribution is -0.931. The molecule has 2 fully saturated rings. The van der Waals surface area contributed by atoms with Gasteiger partial charge in [0.1, 0.15) is 11.6 Å². The Labute approximate surface area is 154 Å². The van der Waals surface area contributed by atoms with Crippen molar-refractivity contribution in [2.45, 2.75) is 37.8 Å². The van der Waals surface area contributed by atoms with E-state index < -0.39 is 0 Å². The fraction of sp³-hybridized carbons (Fsp3) is 0.391. The fourth-order valence-corrected chi connectivity index (χ4v) is 4.91. The highest BCUT2D eigenvalue weighted by atomic mass is 19.1. The standard InChI is InChI=1S/C23H26F2N/c1-26(2)21-11-12-22(26)14-16(13-21)15-23(17-3-7-19(24)8-4-17)18-5-9-20(25)10-6-18/h3-10,15-16,21-22H,11-14H2,1-2H3/q+1/t21-,22-/m0/s1. The van der Waals surface area contributed by atoms with E-state index in [1.165, 1.54) is 49.9 Å². The number of quaternary nitrogens is 1. The highest BCUT2D eigenvalue weighted by molar-refractivity contribution is 5.79. The maximum absolute atomic E-state index is 13.4. The van der Waals surface area contributed by atoms with Gasteiger partial charge in [-0.3, -0.25) is 0 Å². The largest absolute Gasteiger partial charge is 0.324 e. The zero-order chi connectivity index (χ0) is 18.3.